The quantitative estimate of drug-likeness (QED) is 0.518. The van der Waals surface area contributed by atoms with Gasteiger partial charge in [0.1, 0.15) is 0 Å². The third-order valence-electron chi connectivity index (χ3n) is 0.947. The molecule has 0 aromatic carbocycles. The maximum absolute atomic E-state index is 10.7. The number of nitrogens with zero attached hydrogens (tertiary/aromatic N) is 1. The van der Waals surface area contributed by atoms with Crippen LogP contribution < -0.4 is 4.74 Å². The first-order valence-electron chi connectivity index (χ1n) is 2.88. The highest BCUT2D eigenvalue weighted by molar-refractivity contribution is 7.11. The largest absolute Gasteiger partial charge is 0.439 e. The van der Waals surface area contributed by atoms with Gasteiger partial charge in [0.15, 0.2) is 5.06 Å². The molecule has 60 valence electrons. The Morgan fingerprint density at radius 3 is 3.00 bits per heavy atom. The first kappa shape index (κ1) is 8.03. The van der Waals surface area contributed by atoms with Crippen LogP contribution >= 0.6 is 11.3 Å². The minimum absolute atomic E-state index is 0.389. The van der Waals surface area contributed by atoms with Crippen LogP contribution in [0.3, 0.4) is 0 Å². The van der Waals surface area contributed by atoms with Gasteiger partial charge in [0.2, 0.25) is 0 Å². The fraction of sp³-hybridized carbons (Fsp3) is 0.167. The number of hydrogen-bond acceptors (Lipinski definition) is 4. The summed E-state index contributed by atoms with van der Waals surface area (Å²) in [5.41, 5.74) is 0. The zero-order chi connectivity index (χ0) is 8.27. The van der Waals surface area contributed by atoms with E-state index in [-0.39, 0.29) is 0 Å². The number of hydrogen-bond donors (Lipinski definition) is 1. The SMILES string of the molecule is CN(O)C(=O)Oc1cccs1. The Balaban J connectivity index is 2.50. The van der Waals surface area contributed by atoms with Crippen molar-refractivity contribution >= 4 is 17.4 Å². The molecule has 0 spiro atoms. The van der Waals surface area contributed by atoms with E-state index in [2.05, 4.69) is 4.74 Å². The average molecular weight is 173 g/mol. The molecule has 1 N–H and O–H groups in total. The number of carbonyl (C=O) groups excluding carboxylic acids is 1. The Morgan fingerprint density at radius 2 is 2.55 bits per heavy atom. The highest BCUT2D eigenvalue weighted by Crippen LogP contribution is 2.18. The number of rotatable bonds is 1. The van der Waals surface area contributed by atoms with Crippen molar-refractivity contribution in [3.8, 4) is 5.06 Å². The van der Waals surface area contributed by atoms with Crippen LogP contribution in [0.2, 0.25) is 0 Å². The van der Waals surface area contributed by atoms with Crippen molar-refractivity contribution in [3.05, 3.63) is 17.5 Å². The monoisotopic (exact) mass is 173 g/mol. The van der Waals surface area contributed by atoms with E-state index >= 15 is 0 Å². The molecule has 1 heterocycles. The first-order chi connectivity index (χ1) is 5.20. The van der Waals surface area contributed by atoms with Gasteiger partial charge in [0.05, 0.1) is 0 Å². The molecular weight excluding hydrogens is 166 g/mol. The Morgan fingerprint density at radius 1 is 1.82 bits per heavy atom. The van der Waals surface area contributed by atoms with Crippen molar-refractivity contribution < 1.29 is 14.7 Å². The lowest BCUT2D eigenvalue weighted by Crippen LogP contribution is -2.25. The standard InChI is InChI=1S/C6H7NO3S/c1-7(9)6(8)10-5-3-2-4-11-5/h2-4,9H,1H3. The summed E-state index contributed by atoms with van der Waals surface area (Å²) in [7, 11) is 1.20. The van der Waals surface area contributed by atoms with Gasteiger partial charge in [-0.2, -0.15) is 5.06 Å². The van der Waals surface area contributed by atoms with Crippen molar-refractivity contribution in [2.45, 2.75) is 0 Å². The fourth-order valence-electron chi connectivity index (χ4n) is 0.474. The van der Waals surface area contributed by atoms with Crippen molar-refractivity contribution in [2.24, 2.45) is 0 Å². The molecule has 0 saturated carbocycles. The Hall–Kier alpha value is -1.07. The van der Waals surface area contributed by atoms with Crippen molar-refractivity contribution in [1.82, 2.24) is 5.06 Å². The number of ether oxygens (including phenoxy) is 1. The molecule has 0 fully saturated rings. The number of amides is 1. The minimum atomic E-state index is -0.785. The molecule has 0 aliphatic carbocycles. The molecule has 0 aliphatic rings. The van der Waals surface area contributed by atoms with Crippen LogP contribution in [0.1, 0.15) is 0 Å². The van der Waals surface area contributed by atoms with E-state index < -0.39 is 6.09 Å². The van der Waals surface area contributed by atoms with Gasteiger partial charge in [-0.25, -0.2) is 4.79 Å². The molecule has 11 heavy (non-hydrogen) atoms. The summed E-state index contributed by atoms with van der Waals surface area (Å²) in [5.74, 6) is 0. The van der Waals surface area contributed by atoms with Gasteiger partial charge >= 0.3 is 6.09 Å². The molecule has 0 unspecified atom stereocenters. The molecule has 1 aromatic heterocycles. The van der Waals surface area contributed by atoms with Gasteiger partial charge in [-0.1, -0.05) is 0 Å². The third kappa shape index (κ3) is 2.21. The zero-order valence-corrected chi connectivity index (χ0v) is 6.67. The van der Waals surface area contributed by atoms with Crippen LogP contribution in [0.25, 0.3) is 0 Å². The Kier molecular flexibility index (Phi) is 2.45. The minimum Gasteiger partial charge on any atom is -0.398 e. The lowest BCUT2D eigenvalue weighted by molar-refractivity contribution is -0.0367. The molecule has 0 saturated heterocycles. The third-order valence-corrected chi connectivity index (χ3v) is 1.69. The number of carbonyl (C=O) groups is 1. The van der Waals surface area contributed by atoms with E-state index in [4.69, 9.17) is 5.21 Å². The predicted molar refractivity (Wildman–Crippen MR) is 39.9 cm³/mol. The molecular formula is C6H7NO3S. The lowest BCUT2D eigenvalue weighted by Gasteiger charge is -2.06. The van der Waals surface area contributed by atoms with Crippen LogP contribution in [0, 0.1) is 0 Å². The van der Waals surface area contributed by atoms with E-state index in [1.807, 2.05) is 0 Å². The molecule has 0 aliphatic heterocycles. The van der Waals surface area contributed by atoms with E-state index in [0.717, 1.165) is 0 Å². The molecule has 1 rings (SSSR count). The second-order valence-electron chi connectivity index (χ2n) is 1.82. The van der Waals surface area contributed by atoms with Crippen LogP contribution in [0.15, 0.2) is 17.5 Å². The summed E-state index contributed by atoms with van der Waals surface area (Å²) >= 11 is 1.29. The summed E-state index contributed by atoms with van der Waals surface area (Å²) in [5, 5.41) is 11.2. The highest BCUT2D eigenvalue weighted by Gasteiger charge is 2.07. The normalized spacial score (nSPS) is 9.27. The molecule has 1 amide bonds. The molecule has 0 bridgehead atoms. The van der Waals surface area contributed by atoms with E-state index in [1.165, 1.54) is 18.4 Å². The first-order valence-corrected chi connectivity index (χ1v) is 3.76. The Labute approximate surface area is 67.6 Å². The molecule has 5 heteroatoms. The van der Waals surface area contributed by atoms with Gasteiger partial charge in [0, 0.05) is 7.05 Å². The summed E-state index contributed by atoms with van der Waals surface area (Å²) in [6.07, 6.45) is -0.785. The predicted octanol–water partition coefficient (Wildman–Crippen LogP) is 1.57. The maximum Gasteiger partial charge on any atom is 0.439 e. The van der Waals surface area contributed by atoms with Gasteiger partial charge in [-0.3, -0.25) is 5.21 Å². The van der Waals surface area contributed by atoms with E-state index in [9.17, 15) is 4.79 Å². The van der Waals surface area contributed by atoms with Crippen LogP contribution in [0.5, 0.6) is 5.06 Å². The second kappa shape index (κ2) is 3.36. The van der Waals surface area contributed by atoms with Crippen LogP contribution in [0.4, 0.5) is 4.79 Å². The molecule has 1 aromatic rings. The molecule has 4 nitrogen and oxygen atoms in total. The lowest BCUT2D eigenvalue weighted by atomic mass is 10.7. The van der Waals surface area contributed by atoms with Crippen molar-refractivity contribution in [3.63, 3.8) is 0 Å². The topological polar surface area (TPSA) is 49.8 Å². The zero-order valence-electron chi connectivity index (χ0n) is 5.85. The van der Waals surface area contributed by atoms with Crippen molar-refractivity contribution in [2.75, 3.05) is 7.05 Å². The van der Waals surface area contributed by atoms with Gasteiger partial charge in [-0.15, -0.1) is 11.3 Å². The maximum atomic E-state index is 10.7. The summed E-state index contributed by atoms with van der Waals surface area (Å²) in [6, 6.07) is 3.40. The van der Waals surface area contributed by atoms with Gasteiger partial charge < -0.3 is 4.74 Å². The van der Waals surface area contributed by atoms with Crippen molar-refractivity contribution in [1.29, 1.82) is 0 Å². The second-order valence-corrected chi connectivity index (χ2v) is 2.73. The Bertz CT molecular complexity index is 232. The highest BCUT2D eigenvalue weighted by atomic mass is 32.1. The summed E-state index contributed by atoms with van der Waals surface area (Å²) in [4.78, 5) is 10.7. The summed E-state index contributed by atoms with van der Waals surface area (Å²) < 4.78 is 4.67. The summed E-state index contributed by atoms with van der Waals surface area (Å²) in [6.45, 7) is 0. The van der Waals surface area contributed by atoms with Crippen LogP contribution in [-0.4, -0.2) is 23.4 Å². The fourth-order valence-corrected chi connectivity index (χ4v) is 1.04. The molecule has 0 atom stereocenters. The van der Waals surface area contributed by atoms with Crippen LogP contribution in [-0.2, 0) is 0 Å². The number of thiophene rings is 1. The van der Waals surface area contributed by atoms with Gasteiger partial charge in [-0.05, 0) is 17.5 Å². The van der Waals surface area contributed by atoms with E-state index in [1.54, 1.807) is 17.5 Å². The average Bonchev–Trinajstić information content (AvgIpc) is 2.39. The smallest absolute Gasteiger partial charge is 0.398 e. The molecule has 0 radical (unpaired) electrons. The van der Waals surface area contributed by atoms with Gasteiger partial charge in [0.25, 0.3) is 0 Å². The number of hydroxylamine groups is 2. The van der Waals surface area contributed by atoms with E-state index in [0.29, 0.717) is 10.1 Å².